The van der Waals surface area contributed by atoms with E-state index in [9.17, 15) is 0 Å². The van der Waals surface area contributed by atoms with E-state index in [0.717, 1.165) is 0 Å². The molecule has 0 heterocycles. The molecule has 162 valence electrons. The van der Waals surface area contributed by atoms with E-state index in [-0.39, 0.29) is 0 Å². The molecule has 0 saturated carbocycles. The molecule has 6 rings (SSSR count). The summed E-state index contributed by atoms with van der Waals surface area (Å²) in [6.45, 7) is 4.25. The molecule has 0 spiro atoms. The molecule has 0 atom stereocenters. The van der Waals surface area contributed by atoms with Gasteiger partial charge in [-0.15, -0.1) is 0 Å². The average molecular weight is 435 g/mol. The van der Waals surface area contributed by atoms with Gasteiger partial charge in [0.05, 0.1) is 0 Å². The van der Waals surface area contributed by atoms with Gasteiger partial charge in [0.1, 0.15) is 0 Å². The number of rotatable bonds is 4. The first-order valence-corrected chi connectivity index (χ1v) is 11.9. The van der Waals surface area contributed by atoms with E-state index in [2.05, 4.69) is 135 Å². The molecular weight excluding hydrogens is 408 g/mol. The topological polar surface area (TPSA) is 0 Å². The molecule has 6 aromatic carbocycles. The highest BCUT2D eigenvalue weighted by Crippen LogP contribution is 2.38. The predicted molar refractivity (Wildman–Crippen MR) is 150 cm³/mol. The van der Waals surface area contributed by atoms with Gasteiger partial charge in [-0.25, -0.2) is 0 Å². The highest BCUT2D eigenvalue weighted by Gasteiger charge is 2.12. The van der Waals surface area contributed by atoms with Crippen molar-refractivity contribution in [2.45, 2.75) is 13.8 Å². The van der Waals surface area contributed by atoms with E-state index in [1.165, 1.54) is 65.7 Å². The summed E-state index contributed by atoms with van der Waals surface area (Å²) in [4.78, 5) is 0. The van der Waals surface area contributed by atoms with Crippen molar-refractivity contribution in [3.05, 3.63) is 130 Å². The van der Waals surface area contributed by atoms with Crippen molar-refractivity contribution < 1.29 is 0 Å². The fourth-order valence-electron chi connectivity index (χ4n) is 4.90. The van der Waals surface area contributed by atoms with Crippen molar-refractivity contribution in [2.75, 3.05) is 0 Å². The van der Waals surface area contributed by atoms with Crippen LogP contribution in [0.4, 0.5) is 0 Å². The Hall–Kier alpha value is -4.16. The van der Waals surface area contributed by atoms with Gasteiger partial charge in [0.15, 0.2) is 0 Å². The van der Waals surface area contributed by atoms with E-state index in [1.807, 2.05) is 0 Å². The van der Waals surface area contributed by atoms with Crippen molar-refractivity contribution in [2.24, 2.45) is 0 Å². The molecule has 0 fully saturated rings. The average Bonchev–Trinajstić information content (AvgIpc) is 2.87. The third kappa shape index (κ3) is 3.68. The maximum atomic E-state index is 2.34. The second-order valence-corrected chi connectivity index (χ2v) is 9.22. The molecule has 0 aliphatic rings. The van der Waals surface area contributed by atoms with E-state index in [1.54, 1.807) is 0 Å². The standard InChI is InChI=1S/C34H26/c1-23-6-10-25(11-7-23)14-16-29-22-30-18-17-27-4-3-5-28-19-21-32(34(30)33(27)28)31(29)20-15-26-12-8-24(2)9-13-26/h3-22H,1-2H3/b16-14+,20-15+. The number of hydrogen-bond acceptors (Lipinski definition) is 0. The molecular formula is C34H26. The SMILES string of the molecule is Cc1ccc(/C=C/c2cc3ccc4cccc5ccc(c2/C=C/c2ccc(C)cc2)c3c45)cc1. The molecule has 34 heavy (non-hydrogen) atoms. The van der Waals surface area contributed by atoms with Crippen molar-refractivity contribution in [3.8, 4) is 0 Å². The Morgan fingerprint density at radius 3 is 1.68 bits per heavy atom. The Kier molecular flexibility index (Phi) is 5.00. The summed E-state index contributed by atoms with van der Waals surface area (Å²) in [5.74, 6) is 0. The Morgan fingerprint density at radius 2 is 1.03 bits per heavy atom. The van der Waals surface area contributed by atoms with Crippen LogP contribution in [0.15, 0.2) is 97.1 Å². The molecule has 0 saturated heterocycles. The minimum Gasteiger partial charge on any atom is -0.0610 e. The van der Waals surface area contributed by atoms with Gasteiger partial charge in [-0.3, -0.25) is 0 Å². The summed E-state index contributed by atoms with van der Waals surface area (Å²) in [6, 6.07) is 35.4. The van der Waals surface area contributed by atoms with Crippen LogP contribution in [0.5, 0.6) is 0 Å². The lowest BCUT2D eigenvalue weighted by molar-refractivity contribution is 1.46. The van der Waals surface area contributed by atoms with E-state index in [0.29, 0.717) is 0 Å². The molecule has 0 bridgehead atoms. The van der Waals surface area contributed by atoms with Crippen LogP contribution in [-0.4, -0.2) is 0 Å². The molecule has 0 unspecified atom stereocenters. The van der Waals surface area contributed by atoms with Gasteiger partial charge in [-0.05, 0) is 74.5 Å². The maximum Gasteiger partial charge on any atom is -0.00204 e. The summed E-state index contributed by atoms with van der Waals surface area (Å²) in [7, 11) is 0. The molecule has 0 amide bonds. The lowest BCUT2D eigenvalue weighted by Gasteiger charge is -2.15. The Morgan fingerprint density at radius 1 is 0.471 bits per heavy atom. The quantitative estimate of drug-likeness (QED) is 0.191. The van der Waals surface area contributed by atoms with Gasteiger partial charge in [0.2, 0.25) is 0 Å². The molecule has 0 radical (unpaired) electrons. The fraction of sp³-hybridized carbons (Fsp3) is 0.0588. The smallest absolute Gasteiger partial charge is 0.00204 e. The van der Waals surface area contributed by atoms with Gasteiger partial charge in [0.25, 0.3) is 0 Å². The van der Waals surface area contributed by atoms with Crippen LogP contribution in [0.2, 0.25) is 0 Å². The number of aryl methyl sites for hydroxylation is 2. The maximum absolute atomic E-state index is 2.34. The monoisotopic (exact) mass is 434 g/mol. The molecule has 6 aromatic rings. The van der Waals surface area contributed by atoms with Crippen LogP contribution in [-0.2, 0) is 0 Å². The van der Waals surface area contributed by atoms with Crippen molar-refractivity contribution in [1.29, 1.82) is 0 Å². The first-order valence-electron chi connectivity index (χ1n) is 11.9. The summed E-state index contributed by atoms with van der Waals surface area (Å²) in [5.41, 5.74) is 7.47. The molecule has 0 N–H and O–H groups in total. The number of hydrogen-bond donors (Lipinski definition) is 0. The Balaban J connectivity index is 1.58. The van der Waals surface area contributed by atoms with Gasteiger partial charge >= 0.3 is 0 Å². The van der Waals surface area contributed by atoms with Crippen LogP contribution in [0.25, 0.3) is 56.6 Å². The first-order chi connectivity index (χ1) is 16.7. The molecule has 0 aliphatic heterocycles. The van der Waals surface area contributed by atoms with Crippen LogP contribution >= 0.6 is 0 Å². The largest absolute Gasteiger partial charge is 0.0610 e. The minimum atomic E-state index is 1.21. The van der Waals surface area contributed by atoms with Gasteiger partial charge in [0, 0.05) is 0 Å². The van der Waals surface area contributed by atoms with Gasteiger partial charge < -0.3 is 0 Å². The number of benzene rings is 6. The van der Waals surface area contributed by atoms with E-state index < -0.39 is 0 Å². The first kappa shape index (κ1) is 20.4. The molecule has 0 aromatic heterocycles. The highest BCUT2D eigenvalue weighted by molar-refractivity contribution is 6.25. The van der Waals surface area contributed by atoms with Crippen LogP contribution in [0.1, 0.15) is 33.4 Å². The summed E-state index contributed by atoms with van der Waals surface area (Å²) < 4.78 is 0. The molecule has 0 nitrogen and oxygen atoms in total. The van der Waals surface area contributed by atoms with Crippen LogP contribution < -0.4 is 0 Å². The lowest BCUT2D eigenvalue weighted by Crippen LogP contribution is -1.90. The van der Waals surface area contributed by atoms with Gasteiger partial charge in [-0.2, -0.15) is 0 Å². The fourth-order valence-corrected chi connectivity index (χ4v) is 4.90. The predicted octanol–water partition coefficient (Wildman–Crippen LogP) is 9.54. The third-order valence-corrected chi connectivity index (χ3v) is 6.77. The van der Waals surface area contributed by atoms with Gasteiger partial charge in [-0.1, -0.05) is 126 Å². The zero-order chi connectivity index (χ0) is 23.1. The highest BCUT2D eigenvalue weighted by atomic mass is 14.2. The molecule has 0 aliphatic carbocycles. The molecule has 0 heteroatoms. The van der Waals surface area contributed by atoms with E-state index >= 15 is 0 Å². The van der Waals surface area contributed by atoms with Crippen molar-refractivity contribution in [1.82, 2.24) is 0 Å². The lowest BCUT2D eigenvalue weighted by atomic mass is 9.89. The van der Waals surface area contributed by atoms with Crippen LogP contribution in [0.3, 0.4) is 0 Å². The van der Waals surface area contributed by atoms with Crippen LogP contribution in [0, 0.1) is 13.8 Å². The summed E-state index contributed by atoms with van der Waals surface area (Å²) in [6.07, 6.45) is 8.99. The zero-order valence-corrected chi connectivity index (χ0v) is 19.5. The second kappa shape index (κ2) is 8.32. The second-order valence-electron chi connectivity index (χ2n) is 9.22. The minimum absolute atomic E-state index is 1.21. The van der Waals surface area contributed by atoms with Crippen molar-refractivity contribution >= 4 is 56.6 Å². The summed E-state index contributed by atoms with van der Waals surface area (Å²) in [5, 5.41) is 7.89. The third-order valence-electron chi connectivity index (χ3n) is 6.77. The zero-order valence-electron chi connectivity index (χ0n) is 19.5. The Bertz CT molecular complexity index is 1660. The normalized spacial score (nSPS) is 12.2. The van der Waals surface area contributed by atoms with E-state index in [4.69, 9.17) is 0 Å². The summed E-state index contributed by atoms with van der Waals surface area (Å²) >= 11 is 0. The Labute approximate surface area is 200 Å². The van der Waals surface area contributed by atoms with Crippen molar-refractivity contribution in [3.63, 3.8) is 0 Å².